The van der Waals surface area contributed by atoms with Crippen LogP contribution in [0.2, 0.25) is 0 Å². The molecule has 8 nitrogen and oxygen atoms in total. The van der Waals surface area contributed by atoms with Crippen molar-refractivity contribution in [2.45, 2.75) is 20.8 Å². The molecule has 9 heteroatoms. The third-order valence-corrected chi connectivity index (χ3v) is 7.09. The molecule has 0 spiro atoms. The van der Waals surface area contributed by atoms with E-state index < -0.39 is 0 Å². The van der Waals surface area contributed by atoms with Crippen LogP contribution < -0.4 is 15.6 Å². The van der Waals surface area contributed by atoms with E-state index in [-0.39, 0.29) is 11.5 Å². The molecule has 3 aromatic heterocycles. The summed E-state index contributed by atoms with van der Waals surface area (Å²) in [5.41, 5.74) is 3.88. The number of nitrogens with one attached hydrogen (secondary N) is 1. The van der Waals surface area contributed by atoms with Gasteiger partial charge in [-0.2, -0.15) is 0 Å². The zero-order valence-corrected chi connectivity index (χ0v) is 21.6. The van der Waals surface area contributed by atoms with Crippen LogP contribution in [0.4, 0.5) is 5.69 Å². The summed E-state index contributed by atoms with van der Waals surface area (Å²) in [6.45, 7) is 9.23. The monoisotopic (exact) mass is 512 g/mol. The van der Waals surface area contributed by atoms with Crippen molar-refractivity contribution >= 4 is 33.0 Å². The molecule has 0 aliphatic carbocycles. The fourth-order valence-electron chi connectivity index (χ4n) is 4.11. The molecule has 2 aromatic carbocycles. The van der Waals surface area contributed by atoms with E-state index in [0.29, 0.717) is 39.0 Å². The standard InChI is InChI=1S/C28H24N4O4S/c1-6-24(33)29-18-10-11-22(36-25-15(2)8-7-9-16(25)3)19(12-18)21-14-32(5)28(34)20-13-23(37-26(20)21)27-31-30-17(4)35-27/h6-14H,1H2,2-5H3,(H,29,33). The number of hydrogen-bond acceptors (Lipinski definition) is 7. The summed E-state index contributed by atoms with van der Waals surface area (Å²) in [5, 5.41) is 11.4. The van der Waals surface area contributed by atoms with Gasteiger partial charge in [0, 0.05) is 37.0 Å². The molecule has 0 bridgehead atoms. The summed E-state index contributed by atoms with van der Waals surface area (Å²) in [6, 6.07) is 13.1. The number of carbonyl (C=O) groups excluding carboxylic acids is 1. The van der Waals surface area contributed by atoms with Crippen LogP contribution in [0.3, 0.4) is 0 Å². The summed E-state index contributed by atoms with van der Waals surface area (Å²) in [6.07, 6.45) is 2.99. The van der Waals surface area contributed by atoms with Gasteiger partial charge in [-0.25, -0.2) is 0 Å². The van der Waals surface area contributed by atoms with Crippen molar-refractivity contribution in [2.75, 3.05) is 5.32 Å². The third kappa shape index (κ3) is 4.56. The average Bonchev–Trinajstić information content (AvgIpc) is 3.51. The molecule has 37 heavy (non-hydrogen) atoms. The molecule has 1 N–H and O–H groups in total. The van der Waals surface area contributed by atoms with E-state index in [9.17, 15) is 9.59 Å². The molecule has 0 radical (unpaired) electrons. The number of ether oxygens (including phenoxy) is 1. The molecule has 5 rings (SSSR count). The molecule has 0 atom stereocenters. The Morgan fingerprint density at radius 1 is 1.11 bits per heavy atom. The van der Waals surface area contributed by atoms with Gasteiger partial charge in [-0.05, 0) is 55.3 Å². The number of benzene rings is 2. The van der Waals surface area contributed by atoms with Gasteiger partial charge in [-0.3, -0.25) is 9.59 Å². The molecule has 0 saturated carbocycles. The number of para-hydroxylation sites is 1. The van der Waals surface area contributed by atoms with Crippen molar-refractivity contribution in [3.8, 4) is 33.4 Å². The number of fused-ring (bicyclic) bond motifs is 1. The zero-order valence-electron chi connectivity index (χ0n) is 20.8. The van der Waals surface area contributed by atoms with Gasteiger partial charge in [0.05, 0.1) is 15.0 Å². The average molecular weight is 513 g/mol. The van der Waals surface area contributed by atoms with Gasteiger partial charge < -0.3 is 19.0 Å². The first-order valence-electron chi connectivity index (χ1n) is 11.5. The molecule has 5 aromatic rings. The second-order valence-corrected chi connectivity index (χ2v) is 9.72. The first-order chi connectivity index (χ1) is 17.7. The normalized spacial score (nSPS) is 11.0. The number of rotatable bonds is 6. The number of anilines is 1. The summed E-state index contributed by atoms with van der Waals surface area (Å²) in [7, 11) is 1.70. The fourth-order valence-corrected chi connectivity index (χ4v) is 5.21. The second kappa shape index (κ2) is 9.51. The first-order valence-corrected chi connectivity index (χ1v) is 12.3. The summed E-state index contributed by atoms with van der Waals surface area (Å²) < 4.78 is 14.4. The molecular formula is C28H24N4O4S. The minimum absolute atomic E-state index is 0.147. The van der Waals surface area contributed by atoms with Crippen molar-refractivity contribution in [1.29, 1.82) is 0 Å². The van der Waals surface area contributed by atoms with Crippen molar-refractivity contribution in [3.05, 3.63) is 88.7 Å². The Labute approximate surface area is 216 Å². The number of aromatic nitrogens is 3. The highest BCUT2D eigenvalue weighted by Gasteiger charge is 2.20. The molecule has 0 aliphatic rings. The Bertz CT molecular complexity index is 1720. The maximum absolute atomic E-state index is 13.1. The van der Waals surface area contributed by atoms with Crippen LogP contribution in [-0.4, -0.2) is 20.7 Å². The van der Waals surface area contributed by atoms with Crippen LogP contribution in [-0.2, 0) is 11.8 Å². The van der Waals surface area contributed by atoms with Crippen molar-refractivity contribution in [1.82, 2.24) is 14.8 Å². The predicted molar refractivity (Wildman–Crippen MR) is 145 cm³/mol. The van der Waals surface area contributed by atoms with Crippen molar-refractivity contribution < 1.29 is 13.9 Å². The lowest BCUT2D eigenvalue weighted by Gasteiger charge is -2.17. The highest BCUT2D eigenvalue weighted by atomic mass is 32.1. The lowest BCUT2D eigenvalue weighted by Crippen LogP contribution is -2.15. The van der Waals surface area contributed by atoms with Gasteiger partial charge in [0.15, 0.2) is 0 Å². The number of carbonyl (C=O) groups is 1. The van der Waals surface area contributed by atoms with Gasteiger partial charge in [0.1, 0.15) is 11.5 Å². The minimum Gasteiger partial charge on any atom is -0.456 e. The smallest absolute Gasteiger partial charge is 0.259 e. The number of hydrogen-bond donors (Lipinski definition) is 1. The van der Waals surface area contributed by atoms with E-state index in [2.05, 4.69) is 22.1 Å². The molecule has 0 unspecified atom stereocenters. The molecule has 186 valence electrons. The van der Waals surface area contributed by atoms with Crippen LogP contribution in [0.1, 0.15) is 17.0 Å². The lowest BCUT2D eigenvalue weighted by molar-refractivity contribution is -0.111. The van der Waals surface area contributed by atoms with Crippen molar-refractivity contribution in [3.63, 3.8) is 0 Å². The highest BCUT2D eigenvalue weighted by Crippen LogP contribution is 2.43. The van der Waals surface area contributed by atoms with Crippen LogP contribution in [0.5, 0.6) is 11.5 Å². The van der Waals surface area contributed by atoms with Crippen molar-refractivity contribution in [2.24, 2.45) is 7.05 Å². The minimum atomic E-state index is -0.329. The maximum Gasteiger partial charge on any atom is 0.259 e. The number of aryl methyl sites for hydroxylation is 4. The fraction of sp³-hybridized carbons (Fsp3) is 0.143. The third-order valence-electron chi connectivity index (χ3n) is 5.93. The van der Waals surface area contributed by atoms with E-state index in [0.717, 1.165) is 27.1 Å². The van der Waals surface area contributed by atoms with Crippen LogP contribution in [0.15, 0.2) is 70.5 Å². The lowest BCUT2D eigenvalue weighted by atomic mass is 10.0. The molecule has 0 fully saturated rings. The zero-order chi connectivity index (χ0) is 26.3. The van der Waals surface area contributed by atoms with Gasteiger partial charge in [0.2, 0.25) is 11.8 Å². The summed E-state index contributed by atoms with van der Waals surface area (Å²) in [5.74, 6) is 1.80. The molecular weight excluding hydrogens is 488 g/mol. The molecule has 3 heterocycles. The Hall–Kier alpha value is -4.50. The quantitative estimate of drug-likeness (QED) is 0.274. The molecule has 0 saturated heterocycles. The van der Waals surface area contributed by atoms with E-state index in [4.69, 9.17) is 9.15 Å². The summed E-state index contributed by atoms with van der Waals surface area (Å²) in [4.78, 5) is 25.8. The number of amides is 1. The molecule has 0 aliphatic heterocycles. The number of thiophene rings is 1. The van der Waals surface area contributed by atoms with Gasteiger partial charge >= 0.3 is 0 Å². The molecule has 1 amide bonds. The SMILES string of the molecule is C=CC(=O)Nc1ccc(Oc2c(C)cccc2C)c(-c2cn(C)c(=O)c3cc(-c4nnc(C)o4)sc23)c1. The van der Waals surface area contributed by atoms with Gasteiger partial charge in [-0.1, -0.05) is 24.8 Å². The largest absolute Gasteiger partial charge is 0.456 e. The number of pyridine rings is 1. The van der Waals surface area contributed by atoms with Gasteiger partial charge in [-0.15, -0.1) is 21.5 Å². The van der Waals surface area contributed by atoms with Gasteiger partial charge in [0.25, 0.3) is 11.4 Å². The summed E-state index contributed by atoms with van der Waals surface area (Å²) >= 11 is 1.38. The Balaban J connectivity index is 1.75. The topological polar surface area (TPSA) is 99.2 Å². The first kappa shape index (κ1) is 24.2. The number of nitrogens with zero attached hydrogens (tertiary/aromatic N) is 3. The van der Waals surface area contributed by atoms with E-state index >= 15 is 0 Å². The maximum atomic E-state index is 13.1. The van der Waals surface area contributed by atoms with Crippen LogP contribution in [0, 0.1) is 20.8 Å². The highest BCUT2D eigenvalue weighted by molar-refractivity contribution is 7.22. The van der Waals surface area contributed by atoms with Crippen LogP contribution in [0.25, 0.3) is 32.0 Å². The van der Waals surface area contributed by atoms with E-state index in [1.807, 2.05) is 44.2 Å². The van der Waals surface area contributed by atoms with E-state index in [1.54, 1.807) is 32.3 Å². The Morgan fingerprint density at radius 2 is 1.86 bits per heavy atom. The van der Waals surface area contributed by atoms with E-state index in [1.165, 1.54) is 22.0 Å². The predicted octanol–water partition coefficient (Wildman–Crippen LogP) is 6.16. The Morgan fingerprint density at radius 3 is 2.54 bits per heavy atom. The Kier molecular flexibility index (Phi) is 6.22. The second-order valence-electron chi connectivity index (χ2n) is 8.67. The van der Waals surface area contributed by atoms with Crippen LogP contribution >= 0.6 is 11.3 Å².